The van der Waals surface area contributed by atoms with Crippen LogP contribution < -0.4 is 4.74 Å². The molecule has 172 valence electrons. The van der Waals surface area contributed by atoms with Crippen molar-refractivity contribution in [1.82, 2.24) is 3.97 Å². The first-order valence-corrected chi connectivity index (χ1v) is 12.2. The Morgan fingerprint density at radius 2 is 1.91 bits per heavy atom. The summed E-state index contributed by atoms with van der Waals surface area (Å²) < 4.78 is 37.9. The highest BCUT2D eigenvalue weighted by atomic mass is 35.5. The summed E-state index contributed by atoms with van der Waals surface area (Å²) in [6, 6.07) is 6.71. The third-order valence-corrected chi connectivity index (χ3v) is 8.69. The van der Waals surface area contributed by atoms with Crippen LogP contribution in [0.4, 0.5) is 0 Å². The van der Waals surface area contributed by atoms with E-state index < -0.39 is 20.7 Å². The van der Waals surface area contributed by atoms with Crippen LogP contribution in [0.3, 0.4) is 0 Å². The molecule has 0 N–H and O–H groups in total. The van der Waals surface area contributed by atoms with Crippen molar-refractivity contribution in [2.75, 3.05) is 13.7 Å². The van der Waals surface area contributed by atoms with E-state index in [0.717, 1.165) is 20.7 Å². The number of esters is 1. The molecule has 0 saturated heterocycles. The Bertz CT molecular complexity index is 1160. The third kappa shape index (κ3) is 4.64. The molecule has 0 amide bonds. The van der Waals surface area contributed by atoms with Gasteiger partial charge in [0.05, 0.1) is 13.7 Å². The Balaban J connectivity index is 1.82. The van der Waals surface area contributed by atoms with Gasteiger partial charge in [-0.15, -0.1) is 0 Å². The maximum absolute atomic E-state index is 13.7. The Kier molecular flexibility index (Phi) is 7.20. The average Bonchev–Trinajstić information content (AvgIpc) is 3.26. The first-order valence-electron chi connectivity index (χ1n) is 10.4. The molecule has 1 heterocycles. The molecule has 32 heavy (non-hydrogen) atoms. The molecule has 1 unspecified atom stereocenters. The predicted octanol–water partition coefficient (Wildman–Crippen LogP) is 5.23. The Morgan fingerprint density at radius 3 is 2.50 bits per heavy atom. The van der Waals surface area contributed by atoms with Crippen LogP contribution in [0.15, 0.2) is 54.3 Å². The molecule has 1 atom stereocenters. The van der Waals surface area contributed by atoms with Gasteiger partial charge in [-0.3, -0.25) is 0 Å². The van der Waals surface area contributed by atoms with Gasteiger partial charge in [0, 0.05) is 11.2 Å². The molecule has 0 fully saturated rings. The highest BCUT2D eigenvalue weighted by Gasteiger charge is 2.43. The number of aromatic nitrogens is 1. The third-order valence-electron chi connectivity index (χ3n) is 5.72. The van der Waals surface area contributed by atoms with Crippen LogP contribution in [0.25, 0.3) is 0 Å². The van der Waals surface area contributed by atoms with Gasteiger partial charge < -0.3 is 9.47 Å². The van der Waals surface area contributed by atoms with E-state index in [-0.39, 0.29) is 5.69 Å². The number of carbonyl (C=O) groups excluding carboxylic acids is 1. The van der Waals surface area contributed by atoms with E-state index in [1.54, 1.807) is 6.08 Å². The second-order valence-electron chi connectivity index (χ2n) is 8.06. The summed E-state index contributed by atoms with van der Waals surface area (Å²) in [6.07, 6.45) is 8.00. The minimum absolute atomic E-state index is 0.0186. The van der Waals surface area contributed by atoms with E-state index in [2.05, 4.69) is 0 Å². The topological polar surface area (TPSA) is 74.6 Å². The number of hydrogen-bond acceptors (Lipinski definition) is 5. The molecule has 1 aliphatic rings. The van der Waals surface area contributed by atoms with Crippen LogP contribution in [0, 0.1) is 13.8 Å². The molecule has 0 radical (unpaired) electrons. The maximum atomic E-state index is 13.7. The van der Waals surface area contributed by atoms with Crippen LogP contribution in [0.2, 0.25) is 5.02 Å². The molecule has 0 bridgehead atoms. The Morgan fingerprint density at radius 1 is 1.22 bits per heavy atom. The number of carbonyl (C=O) groups is 1. The summed E-state index contributed by atoms with van der Waals surface area (Å²) in [5, 5.41) is 0.713. The Hall–Kier alpha value is -2.51. The smallest absolute Gasteiger partial charge is 0.355 e. The first-order chi connectivity index (χ1) is 15.1. The van der Waals surface area contributed by atoms with Crippen molar-refractivity contribution in [3.8, 4) is 5.75 Å². The molecular formula is C24H28ClNO5S. The summed E-state index contributed by atoms with van der Waals surface area (Å²) in [7, 11) is -2.71. The lowest BCUT2D eigenvalue weighted by Crippen LogP contribution is -2.42. The molecule has 0 aliphatic heterocycles. The lowest BCUT2D eigenvalue weighted by Gasteiger charge is -2.32. The van der Waals surface area contributed by atoms with Crippen LogP contribution in [-0.2, 0) is 14.8 Å². The number of nitrogens with zero attached hydrogens (tertiary/aromatic N) is 1. The lowest BCUT2D eigenvalue weighted by atomic mass is 9.92. The van der Waals surface area contributed by atoms with Crippen molar-refractivity contribution >= 4 is 27.6 Å². The quantitative estimate of drug-likeness (QED) is 0.384. The highest BCUT2D eigenvalue weighted by molar-refractivity contribution is 7.91. The van der Waals surface area contributed by atoms with Gasteiger partial charge in [-0.1, -0.05) is 35.4 Å². The van der Waals surface area contributed by atoms with Crippen molar-refractivity contribution in [3.63, 3.8) is 0 Å². The van der Waals surface area contributed by atoms with Crippen molar-refractivity contribution in [1.29, 1.82) is 0 Å². The van der Waals surface area contributed by atoms with Gasteiger partial charge in [0.2, 0.25) is 10.0 Å². The summed E-state index contributed by atoms with van der Waals surface area (Å²) in [5.41, 5.74) is 2.84. The van der Waals surface area contributed by atoms with Crippen molar-refractivity contribution in [2.24, 2.45) is 0 Å². The standard InChI is InChI=1S/C24H28ClNO5S/c1-17-8-11-24(12-9-17,32(28,29)26-13-5-7-21(26)23(27)30-4)10-6-14-31-20-15-18(2)22(25)19(3)16-20/h5,7-9,11,13,15-16H,6,10,12,14H2,1-4H3. The molecule has 1 aliphatic carbocycles. The molecule has 8 heteroatoms. The molecule has 1 aromatic heterocycles. The summed E-state index contributed by atoms with van der Waals surface area (Å²) >= 11 is 6.22. The molecule has 3 rings (SSSR count). The molecule has 0 spiro atoms. The zero-order chi connectivity index (χ0) is 23.5. The minimum Gasteiger partial charge on any atom is -0.494 e. The average molecular weight is 478 g/mol. The molecule has 0 saturated carbocycles. The van der Waals surface area contributed by atoms with E-state index in [1.165, 1.54) is 25.4 Å². The van der Waals surface area contributed by atoms with Gasteiger partial charge in [-0.2, -0.15) is 0 Å². The lowest BCUT2D eigenvalue weighted by molar-refractivity contribution is 0.0592. The number of allylic oxidation sites excluding steroid dienone is 3. The summed E-state index contributed by atoms with van der Waals surface area (Å²) in [5.74, 6) is 0.00617. The number of ether oxygens (including phenoxy) is 2. The SMILES string of the molecule is COC(=O)c1cccn1S(=O)(=O)C1(CCCOc2cc(C)c(Cl)c(C)c2)C=CC(C)=CC1. The monoisotopic (exact) mass is 477 g/mol. The largest absolute Gasteiger partial charge is 0.494 e. The van der Waals surface area contributed by atoms with Crippen molar-refractivity contribution in [3.05, 3.63) is 76.1 Å². The van der Waals surface area contributed by atoms with E-state index >= 15 is 0 Å². The summed E-state index contributed by atoms with van der Waals surface area (Å²) in [4.78, 5) is 12.1. The zero-order valence-electron chi connectivity index (χ0n) is 18.7. The van der Waals surface area contributed by atoms with Crippen LogP contribution in [0.1, 0.15) is 47.8 Å². The van der Waals surface area contributed by atoms with Gasteiger partial charge >= 0.3 is 5.97 Å². The van der Waals surface area contributed by atoms with Gasteiger partial charge in [-0.05, 0) is 75.4 Å². The minimum atomic E-state index is -3.94. The van der Waals surface area contributed by atoms with Crippen LogP contribution >= 0.6 is 11.6 Å². The number of halogens is 1. The van der Waals surface area contributed by atoms with Gasteiger partial charge in [0.1, 0.15) is 16.2 Å². The number of benzene rings is 1. The second-order valence-corrected chi connectivity index (χ2v) is 10.6. The van der Waals surface area contributed by atoms with Gasteiger partial charge in [0.15, 0.2) is 0 Å². The summed E-state index contributed by atoms with van der Waals surface area (Å²) in [6.45, 7) is 6.11. The molecule has 6 nitrogen and oxygen atoms in total. The molecular weight excluding hydrogens is 450 g/mol. The maximum Gasteiger partial charge on any atom is 0.355 e. The Labute approximate surface area is 194 Å². The van der Waals surface area contributed by atoms with Crippen molar-refractivity contribution in [2.45, 2.75) is 44.8 Å². The fourth-order valence-corrected chi connectivity index (χ4v) is 5.91. The molecule has 2 aromatic rings. The first kappa shape index (κ1) is 24.1. The van der Waals surface area contributed by atoms with E-state index in [1.807, 2.05) is 45.1 Å². The fraction of sp³-hybridized carbons (Fsp3) is 0.375. The number of aryl methyl sites for hydroxylation is 2. The van der Waals surface area contributed by atoms with E-state index in [4.69, 9.17) is 21.1 Å². The number of methoxy groups -OCH3 is 1. The second kappa shape index (κ2) is 9.55. The normalized spacial score (nSPS) is 18.3. The highest BCUT2D eigenvalue weighted by Crippen LogP contribution is 2.36. The van der Waals surface area contributed by atoms with Crippen LogP contribution in [-0.4, -0.2) is 36.8 Å². The zero-order valence-corrected chi connectivity index (χ0v) is 20.3. The van der Waals surface area contributed by atoms with Gasteiger partial charge in [0.25, 0.3) is 0 Å². The van der Waals surface area contributed by atoms with Crippen molar-refractivity contribution < 1.29 is 22.7 Å². The van der Waals surface area contributed by atoms with Gasteiger partial charge in [-0.25, -0.2) is 17.2 Å². The van der Waals surface area contributed by atoms with E-state index in [9.17, 15) is 13.2 Å². The number of rotatable bonds is 8. The predicted molar refractivity (Wildman–Crippen MR) is 126 cm³/mol. The van der Waals surface area contributed by atoms with Crippen LogP contribution in [0.5, 0.6) is 5.75 Å². The fourth-order valence-electron chi connectivity index (χ4n) is 3.84. The van der Waals surface area contributed by atoms with E-state index in [0.29, 0.717) is 36.6 Å². The number of hydrogen-bond donors (Lipinski definition) is 0. The molecule has 1 aromatic carbocycles.